The molecule has 0 N–H and O–H groups in total. The number of aromatic nitrogens is 2. The quantitative estimate of drug-likeness (QED) is 0.385. The van der Waals surface area contributed by atoms with Crippen LogP contribution in [0.5, 0.6) is 0 Å². The van der Waals surface area contributed by atoms with Gasteiger partial charge in [0.2, 0.25) is 11.8 Å². The zero-order valence-corrected chi connectivity index (χ0v) is 17.6. The van der Waals surface area contributed by atoms with Gasteiger partial charge in [0, 0.05) is 30.3 Å². The molecule has 0 fully saturated rings. The highest BCUT2D eigenvalue weighted by Gasteiger charge is 2.16. The summed E-state index contributed by atoms with van der Waals surface area (Å²) in [7, 11) is 1.72. The van der Waals surface area contributed by atoms with Crippen LogP contribution in [0.25, 0.3) is 22.9 Å². The van der Waals surface area contributed by atoms with Gasteiger partial charge in [-0.05, 0) is 48.0 Å². The molecule has 1 aromatic heterocycles. The first-order valence-electron chi connectivity index (χ1n) is 9.20. The molecule has 0 bridgehead atoms. The first-order chi connectivity index (χ1) is 14.5. The van der Waals surface area contributed by atoms with Gasteiger partial charge in [0.05, 0.1) is 10.0 Å². The predicted octanol–water partition coefficient (Wildman–Crippen LogP) is 5.98. The van der Waals surface area contributed by atoms with E-state index in [2.05, 4.69) is 10.2 Å². The van der Waals surface area contributed by atoms with Crippen LogP contribution in [0.2, 0.25) is 10.0 Å². The van der Waals surface area contributed by atoms with Gasteiger partial charge in [-0.2, -0.15) is 0 Å². The minimum Gasteiger partial charge on any atom is -0.416 e. The van der Waals surface area contributed by atoms with Gasteiger partial charge in [-0.1, -0.05) is 53.5 Å². The van der Waals surface area contributed by atoms with Crippen molar-refractivity contribution in [3.63, 3.8) is 0 Å². The minimum atomic E-state index is -0.131. The Labute approximate surface area is 183 Å². The Hall–Kier alpha value is -3.15. The standard InChI is InChI=1S/C23H17Cl2N3O2/c1-28(14-18-8-5-9-19(24)20(18)25)23(29)17-12-10-16(11-13-17)22-27-26-21(30-22)15-6-3-2-4-7-15/h2-13H,14H2,1H3. The van der Waals surface area contributed by atoms with E-state index in [1.54, 1.807) is 42.3 Å². The first kappa shape index (κ1) is 20.1. The molecule has 1 amide bonds. The van der Waals surface area contributed by atoms with E-state index in [1.165, 1.54) is 0 Å². The van der Waals surface area contributed by atoms with Crippen LogP contribution >= 0.6 is 23.2 Å². The third-order valence-electron chi connectivity index (χ3n) is 4.61. The van der Waals surface area contributed by atoms with E-state index in [9.17, 15) is 4.79 Å². The van der Waals surface area contributed by atoms with Crippen molar-refractivity contribution in [3.05, 3.63) is 94.0 Å². The summed E-state index contributed by atoms with van der Waals surface area (Å²) in [6, 6.07) is 22.0. The van der Waals surface area contributed by atoms with Crippen LogP contribution in [-0.2, 0) is 6.54 Å². The topological polar surface area (TPSA) is 59.2 Å². The number of benzene rings is 3. The molecule has 7 heteroatoms. The number of rotatable bonds is 5. The fourth-order valence-electron chi connectivity index (χ4n) is 3.01. The number of hydrogen-bond acceptors (Lipinski definition) is 4. The predicted molar refractivity (Wildman–Crippen MR) is 117 cm³/mol. The smallest absolute Gasteiger partial charge is 0.253 e. The maximum absolute atomic E-state index is 12.8. The van der Waals surface area contributed by atoms with Crippen molar-refractivity contribution in [2.24, 2.45) is 0 Å². The van der Waals surface area contributed by atoms with Gasteiger partial charge in [0.1, 0.15) is 0 Å². The fourth-order valence-corrected chi connectivity index (χ4v) is 3.39. The van der Waals surface area contributed by atoms with Gasteiger partial charge >= 0.3 is 0 Å². The van der Waals surface area contributed by atoms with Crippen molar-refractivity contribution < 1.29 is 9.21 Å². The van der Waals surface area contributed by atoms with Gasteiger partial charge in [-0.25, -0.2) is 0 Å². The molecule has 0 aliphatic rings. The van der Waals surface area contributed by atoms with E-state index in [0.29, 0.717) is 33.9 Å². The molecule has 0 radical (unpaired) electrons. The zero-order valence-electron chi connectivity index (χ0n) is 16.0. The third-order valence-corrected chi connectivity index (χ3v) is 5.47. The molecule has 5 nitrogen and oxygen atoms in total. The van der Waals surface area contributed by atoms with Gasteiger partial charge in [0.25, 0.3) is 5.91 Å². The molecular formula is C23H17Cl2N3O2. The Morgan fingerprint density at radius 2 is 1.50 bits per heavy atom. The summed E-state index contributed by atoms with van der Waals surface area (Å²) in [5.74, 6) is 0.712. The number of nitrogens with zero attached hydrogens (tertiary/aromatic N) is 3. The van der Waals surface area contributed by atoms with Crippen LogP contribution in [0.15, 0.2) is 77.2 Å². The molecule has 0 saturated heterocycles. The molecule has 30 heavy (non-hydrogen) atoms. The number of carbonyl (C=O) groups is 1. The lowest BCUT2D eigenvalue weighted by Gasteiger charge is -2.18. The molecule has 4 rings (SSSR count). The first-order valence-corrected chi connectivity index (χ1v) is 9.96. The second kappa shape index (κ2) is 8.69. The Morgan fingerprint density at radius 3 is 2.17 bits per heavy atom. The molecular weight excluding hydrogens is 421 g/mol. The molecule has 1 heterocycles. The summed E-state index contributed by atoms with van der Waals surface area (Å²) in [6.07, 6.45) is 0. The van der Waals surface area contributed by atoms with E-state index in [1.807, 2.05) is 42.5 Å². The normalized spacial score (nSPS) is 10.8. The molecule has 0 aliphatic heterocycles. The van der Waals surface area contributed by atoms with E-state index in [0.717, 1.165) is 16.7 Å². The van der Waals surface area contributed by atoms with Crippen LogP contribution in [0.1, 0.15) is 15.9 Å². The molecule has 0 aliphatic carbocycles. The van der Waals surface area contributed by atoms with Crippen molar-refractivity contribution >= 4 is 29.1 Å². The highest BCUT2D eigenvalue weighted by Crippen LogP contribution is 2.27. The van der Waals surface area contributed by atoms with Crippen LogP contribution in [0, 0.1) is 0 Å². The van der Waals surface area contributed by atoms with Crippen LogP contribution in [0.3, 0.4) is 0 Å². The van der Waals surface area contributed by atoms with Crippen molar-refractivity contribution in [2.75, 3.05) is 7.05 Å². The van der Waals surface area contributed by atoms with Crippen molar-refractivity contribution in [1.82, 2.24) is 15.1 Å². The summed E-state index contributed by atoms with van der Waals surface area (Å²) < 4.78 is 5.76. The molecule has 150 valence electrons. The second-order valence-electron chi connectivity index (χ2n) is 6.73. The lowest BCUT2D eigenvalue weighted by Crippen LogP contribution is -2.26. The van der Waals surface area contributed by atoms with E-state index in [-0.39, 0.29) is 5.91 Å². The van der Waals surface area contributed by atoms with E-state index < -0.39 is 0 Å². The summed E-state index contributed by atoms with van der Waals surface area (Å²) >= 11 is 12.3. The average Bonchev–Trinajstić information content (AvgIpc) is 3.27. The van der Waals surface area contributed by atoms with Gasteiger partial charge < -0.3 is 9.32 Å². The lowest BCUT2D eigenvalue weighted by molar-refractivity contribution is 0.0785. The maximum Gasteiger partial charge on any atom is 0.253 e. The highest BCUT2D eigenvalue weighted by molar-refractivity contribution is 6.42. The Bertz CT molecular complexity index is 1170. The van der Waals surface area contributed by atoms with Crippen molar-refractivity contribution in [3.8, 4) is 22.9 Å². The lowest BCUT2D eigenvalue weighted by atomic mass is 10.1. The molecule has 0 saturated carbocycles. The zero-order chi connectivity index (χ0) is 21.1. The van der Waals surface area contributed by atoms with E-state index >= 15 is 0 Å². The Kier molecular flexibility index (Phi) is 5.84. The molecule has 0 atom stereocenters. The average molecular weight is 438 g/mol. The SMILES string of the molecule is CN(Cc1cccc(Cl)c1Cl)C(=O)c1ccc(-c2nnc(-c3ccccc3)o2)cc1. The number of hydrogen-bond donors (Lipinski definition) is 0. The van der Waals surface area contributed by atoms with Gasteiger partial charge in [0.15, 0.2) is 0 Å². The summed E-state index contributed by atoms with van der Waals surface area (Å²) in [5, 5.41) is 9.13. The molecule has 3 aromatic carbocycles. The third kappa shape index (κ3) is 4.22. The molecule has 0 spiro atoms. The molecule has 0 unspecified atom stereocenters. The number of carbonyl (C=O) groups excluding carboxylic acids is 1. The van der Waals surface area contributed by atoms with Crippen molar-refractivity contribution in [2.45, 2.75) is 6.54 Å². The van der Waals surface area contributed by atoms with E-state index in [4.69, 9.17) is 27.6 Å². The highest BCUT2D eigenvalue weighted by atomic mass is 35.5. The Balaban J connectivity index is 1.48. The maximum atomic E-state index is 12.8. The summed E-state index contributed by atoms with van der Waals surface area (Å²) in [6.45, 7) is 0.351. The van der Waals surface area contributed by atoms with Crippen LogP contribution in [0.4, 0.5) is 0 Å². The van der Waals surface area contributed by atoms with Gasteiger partial charge in [-0.3, -0.25) is 4.79 Å². The summed E-state index contributed by atoms with van der Waals surface area (Å²) in [5.41, 5.74) is 2.92. The number of halogens is 2. The van der Waals surface area contributed by atoms with Crippen LogP contribution in [-0.4, -0.2) is 28.1 Å². The largest absolute Gasteiger partial charge is 0.416 e. The fraction of sp³-hybridized carbons (Fsp3) is 0.0870. The molecule has 4 aromatic rings. The second-order valence-corrected chi connectivity index (χ2v) is 7.52. The Morgan fingerprint density at radius 1 is 0.867 bits per heavy atom. The minimum absolute atomic E-state index is 0.131. The van der Waals surface area contributed by atoms with Gasteiger partial charge in [-0.15, -0.1) is 10.2 Å². The van der Waals surface area contributed by atoms with Crippen molar-refractivity contribution in [1.29, 1.82) is 0 Å². The monoisotopic (exact) mass is 437 g/mol. The summed E-state index contributed by atoms with van der Waals surface area (Å²) in [4.78, 5) is 14.4. The van der Waals surface area contributed by atoms with Crippen LogP contribution < -0.4 is 0 Å². The number of amides is 1.